The lowest BCUT2D eigenvalue weighted by atomic mass is 9.69. The molecule has 1 amide bonds. The number of hydrogen-bond acceptors (Lipinski definition) is 2. The van der Waals surface area contributed by atoms with Crippen LogP contribution in [0.4, 0.5) is 0 Å². The molecule has 3 atom stereocenters. The minimum Gasteiger partial charge on any atom is -0.351 e. The molecule has 3 heteroatoms. The van der Waals surface area contributed by atoms with Crippen molar-refractivity contribution in [2.45, 2.75) is 83.7 Å². The van der Waals surface area contributed by atoms with Gasteiger partial charge in [-0.05, 0) is 48.9 Å². The van der Waals surface area contributed by atoms with Gasteiger partial charge in [0.1, 0.15) is 0 Å². The van der Waals surface area contributed by atoms with Crippen LogP contribution < -0.4 is 11.1 Å². The van der Waals surface area contributed by atoms with E-state index in [1.54, 1.807) is 0 Å². The highest BCUT2D eigenvalue weighted by Crippen LogP contribution is 2.65. The molecule has 3 N–H and O–H groups in total. The molecule has 3 unspecified atom stereocenters. The topological polar surface area (TPSA) is 55.1 Å². The second kappa shape index (κ2) is 4.46. The molecular weight excluding hydrogens is 248 g/mol. The fourth-order valence-corrected chi connectivity index (χ4v) is 5.13. The second-order valence-electron chi connectivity index (χ2n) is 8.35. The van der Waals surface area contributed by atoms with E-state index in [1.807, 2.05) is 0 Å². The van der Waals surface area contributed by atoms with Crippen molar-refractivity contribution in [3.63, 3.8) is 0 Å². The number of rotatable bonds is 2. The third kappa shape index (κ3) is 1.85. The molecule has 114 valence electrons. The van der Waals surface area contributed by atoms with Crippen molar-refractivity contribution in [1.82, 2.24) is 5.32 Å². The fraction of sp³-hybridized carbons (Fsp3) is 0.941. The SMILES string of the molecule is CC1(C)C2CCC1(C)C(NC(=O)C1(N)CCCCC1)C2. The molecule has 3 rings (SSSR count). The second-order valence-corrected chi connectivity index (χ2v) is 8.35. The molecule has 0 saturated heterocycles. The quantitative estimate of drug-likeness (QED) is 0.816. The number of carbonyl (C=O) groups is 1. The highest BCUT2D eigenvalue weighted by Gasteiger charge is 2.61. The Kier molecular flexibility index (Phi) is 3.20. The third-order valence-corrected chi connectivity index (χ3v) is 7.30. The summed E-state index contributed by atoms with van der Waals surface area (Å²) in [5.74, 6) is 0.879. The van der Waals surface area contributed by atoms with E-state index in [0.717, 1.165) is 38.0 Å². The highest BCUT2D eigenvalue weighted by atomic mass is 16.2. The highest BCUT2D eigenvalue weighted by molar-refractivity contribution is 5.86. The monoisotopic (exact) mass is 278 g/mol. The molecule has 3 aliphatic rings. The molecule has 0 aromatic carbocycles. The van der Waals surface area contributed by atoms with Crippen LogP contribution in [0.2, 0.25) is 0 Å². The molecular formula is C17H30N2O. The van der Waals surface area contributed by atoms with Gasteiger partial charge in [0.05, 0.1) is 5.54 Å². The first-order valence-electron chi connectivity index (χ1n) is 8.39. The Hall–Kier alpha value is -0.570. The molecule has 2 bridgehead atoms. The van der Waals surface area contributed by atoms with E-state index >= 15 is 0 Å². The predicted molar refractivity (Wildman–Crippen MR) is 81.2 cm³/mol. The summed E-state index contributed by atoms with van der Waals surface area (Å²) in [4.78, 5) is 12.7. The Morgan fingerprint density at radius 3 is 2.25 bits per heavy atom. The van der Waals surface area contributed by atoms with Crippen molar-refractivity contribution in [3.05, 3.63) is 0 Å². The van der Waals surface area contributed by atoms with Crippen LogP contribution in [0.25, 0.3) is 0 Å². The minimum atomic E-state index is -0.597. The van der Waals surface area contributed by atoms with Gasteiger partial charge in [-0.3, -0.25) is 4.79 Å². The number of hydrogen-bond donors (Lipinski definition) is 2. The molecule has 3 aliphatic carbocycles. The Bertz CT molecular complexity index is 411. The van der Waals surface area contributed by atoms with E-state index in [4.69, 9.17) is 5.73 Å². The lowest BCUT2D eigenvalue weighted by molar-refractivity contribution is -0.129. The van der Waals surface area contributed by atoms with Gasteiger partial charge in [0, 0.05) is 6.04 Å². The maximum atomic E-state index is 12.7. The predicted octanol–water partition coefficient (Wildman–Crippen LogP) is 2.98. The summed E-state index contributed by atoms with van der Waals surface area (Å²) in [6, 6.07) is 0.325. The maximum absolute atomic E-state index is 12.7. The summed E-state index contributed by atoms with van der Waals surface area (Å²) in [7, 11) is 0. The first-order chi connectivity index (χ1) is 9.30. The van der Waals surface area contributed by atoms with Crippen molar-refractivity contribution in [2.24, 2.45) is 22.5 Å². The average Bonchev–Trinajstić information content (AvgIpc) is 2.73. The van der Waals surface area contributed by atoms with E-state index in [-0.39, 0.29) is 11.3 Å². The minimum absolute atomic E-state index is 0.117. The molecule has 0 radical (unpaired) electrons. The van der Waals surface area contributed by atoms with Crippen LogP contribution in [0, 0.1) is 16.7 Å². The molecule has 0 aromatic heterocycles. The molecule has 0 aliphatic heterocycles. The molecule has 20 heavy (non-hydrogen) atoms. The fourth-order valence-electron chi connectivity index (χ4n) is 5.13. The molecule has 3 nitrogen and oxygen atoms in total. The number of nitrogens with one attached hydrogen (secondary N) is 1. The summed E-state index contributed by atoms with van der Waals surface area (Å²) in [5, 5.41) is 3.35. The summed E-state index contributed by atoms with van der Waals surface area (Å²) in [6.45, 7) is 7.14. The van der Waals surface area contributed by atoms with Gasteiger partial charge in [-0.1, -0.05) is 40.0 Å². The zero-order chi connectivity index (χ0) is 14.6. The van der Waals surface area contributed by atoms with Gasteiger partial charge in [0.15, 0.2) is 0 Å². The lowest BCUT2D eigenvalue weighted by Crippen LogP contribution is -2.59. The smallest absolute Gasteiger partial charge is 0.240 e. The van der Waals surface area contributed by atoms with Crippen LogP contribution in [0.3, 0.4) is 0 Å². The van der Waals surface area contributed by atoms with Crippen LogP contribution in [-0.2, 0) is 4.79 Å². The third-order valence-electron chi connectivity index (χ3n) is 7.30. The number of carbonyl (C=O) groups excluding carboxylic acids is 1. The first-order valence-corrected chi connectivity index (χ1v) is 8.39. The van der Waals surface area contributed by atoms with E-state index in [9.17, 15) is 4.79 Å². The Balaban J connectivity index is 1.72. The van der Waals surface area contributed by atoms with Gasteiger partial charge in [-0.25, -0.2) is 0 Å². The van der Waals surface area contributed by atoms with Crippen LogP contribution in [0.1, 0.15) is 72.1 Å². The lowest BCUT2D eigenvalue weighted by Gasteiger charge is -2.41. The van der Waals surface area contributed by atoms with Gasteiger partial charge < -0.3 is 11.1 Å². The number of amides is 1. The number of nitrogens with two attached hydrogens (primary N) is 1. The summed E-state index contributed by atoms with van der Waals surface area (Å²) < 4.78 is 0. The Morgan fingerprint density at radius 2 is 1.75 bits per heavy atom. The largest absolute Gasteiger partial charge is 0.351 e. The van der Waals surface area contributed by atoms with Crippen molar-refractivity contribution < 1.29 is 4.79 Å². The zero-order valence-electron chi connectivity index (χ0n) is 13.3. The normalized spacial score (nSPS) is 41.6. The maximum Gasteiger partial charge on any atom is 0.240 e. The summed E-state index contributed by atoms with van der Waals surface area (Å²) >= 11 is 0. The van der Waals surface area contributed by atoms with Crippen LogP contribution in [0.15, 0.2) is 0 Å². The van der Waals surface area contributed by atoms with Crippen LogP contribution in [-0.4, -0.2) is 17.5 Å². The molecule has 0 aromatic rings. The van der Waals surface area contributed by atoms with Crippen molar-refractivity contribution in [2.75, 3.05) is 0 Å². The molecule has 0 spiro atoms. The van der Waals surface area contributed by atoms with Crippen LogP contribution in [0.5, 0.6) is 0 Å². The standard InChI is InChI=1S/C17H30N2O/c1-15(2)12-7-10-16(15,3)13(11-12)19-14(20)17(18)8-5-4-6-9-17/h12-13H,4-11,18H2,1-3H3,(H,19,20). The van der Waals surface area contributed by atoms with Crippen LogP contribution >= 0.6 is 0 Å². The van der Waals surface area contributed by atoms with E-state index in [2.05, 4.69) is 26.1 Å². The Morgan fingerprint density at radius 1 is 1.10 bits per heavy atom. The van der Waals surface area contributed by atoms with Crippen molar-refractivity contribution >= 4 is 5.91 Å². The van der Waals surface area contributed by atoms with Gasteiger partial charge in [-0.15, -0.1) is 0 Å². The van der Waals surface area contributed by atoms with E-state index in [0.29, 0.717) is 11.5 Å². The zero-order valence-corrected chi connectivity index (χ0v) is 13.3. The van der Waals surface area contributed by atoms with Crippen molar-refractivity contribution in [1.29, 1.82) is 0 Å². The summed E-state index contributed by atoms with van der Waals surface area (Å²) in [6.07, 6.45) is 8.84. The Labute approximate surface area is 123 Å². The van der Waals surface area contributed by atoms with E-state index < -0.39 is 5.54 Å². The van der Waals surface area contributed by atoms with Gasteiger partial charge in [-0.2, -0.15) is 0 Å². The van der Waals surface area contributed by atoms with Gasteiger partial charge >= 0.3 is 0 Å². The molecule has 3 saturated carbocycles. The first kappa shape index (κ1) is 14.4. The van der Waals surface area contributed by atoms with Gasteiger partial charge in [0.25, 0.3) is 0 Å². The average molecular weight is 278 g/mol. The van der Waals surface area contributed by atoms with Gasteiger partial charge in [0.2, 0.25) is 5.91 Å². The van der Waals surface area contributed by atoms with Crippen molar-refractivity contribution in [3.8, 4) is 0 Å². The molecule has 3 fully saturated rings. The van der Waals surface area contributed by atoms with E-state index in [1.165, 1.54) is 19.3 Å². The molecule has 0 heterocycles. The summed E-state index contributed by atoms with van der Waals surface area (Å²) in [5.41, 5.74) is 6.38. The number of fused-ring (bicyclic) bond motifs is 2.